The highest BCUT2D eigenvalue weighted by molar-refractivity contribution is 7.89. The number of hydrogen-bond donors (Lipinski definition) is 0. The number of ketones is 1. The van der Waals surface area contributed by atoms with Crippen LogP contribution in [0.2, 0.25) is 0 Å². The minimum Gasteiger partial charge on any atom is -0.451 e. The van der Waals surface area contributed by atoms with Gasteiger partial charge in [0.1, 0.15) is 0 Å². The lowest BCUT2D eigenvalue weighted by Crippen LogP contribution is -2.26. The highest BCUT2D eigenvalue weighted by Gasteiger charge is 2.24. The fraction of sp³-hybridized carbons (Fsp3) is 0.300. The lowest BCUT2D eigenvalue weighted by Gasteiger charge is -2.15. The molecule has 1 atom stereocenters. The SMILES string of the molecule is CON(C)S(=O)(=O)c1ccc(C(=O)O[C@@H](C)C(=O)c2cc(C)ccc2C)cc1. The number of carbonyl (C=O) groups excluding carboxylic acids is 2. The summed E-state index contributed by atoms with van der Waals surface area (Å²) in [7, 11) is -1.31. The number of esters is 1. The Kier molecular flexibility index (Phi) is 6.71. The van der Waals surface area contributed by atoms with Crippen LogP contribution in [0.3, 0.4) is 0 Å². The molecule has 2 aromatic carbocycles. The molecule has 7 nitrogen and oxygen atoms in total. The second kappa shape index (κ2) is 8.64. The van der Waals surface area contributed by atoms with Crippen molar-refractivity contribution in [3.63, 3.8) is 0 Å². The maximum Gasteiger partial charge on any atom is 0.338 e. The molecule has 0 aliphatic rings. The van der Waals surface area contributed by atoms with E-state index in [4.69, 9.17) is 9.57 Å². The first kappa shape index (κ1) is 21.7. The van der Waals surface area contributed by atoms with Gasteiger partial charge < -0.3 is 4.74 Å². The molecule has 0 spiro atoms. The molecule has 0 aliphatic heterocycles. The van der Waals surface area contributed by atoms with Gasteiger partial charge in [0, 0.05) is 12.6 Å². The molecule has 2 aromatic rings. The number of carbonyl (C=O) groups is 2. The number of rotatable bonds is 7. The first-order valence-corrected chi connectivity index (χ1v) is 9.97. The van der Waals surface area contributed by atoms with Crippen molar-refractivity contribution in [3.8, 4) is 0 Å². The maximum absolute atomic E-state index is 12.6. The lowest BCUT2D eigenvalue weighted by molar-refractivity contribution is -0.0258. The number of sulfonamides is 1. The van der Waals surface area contributed by atoms with E-state index in [-0.39, 0.29) is 16.2 Å². The van der Waals surface area contributed by atoms with Gasteiger partial charge in [-0.25, -0.2) is 13.2 Å². The maximum atomic E-state index is 12.6. The quantitative estimate of drug-likeness (QED) is 0.400. The van der Waals surface area contributed by atoms with Crippen molar-refractivity contribution in [1.29, 1.82) is 0 Å². The third-order valence-corrected chi connectivity index (χ3v) is 5.99. The van der Waals surface area contributed by atoms with Crippen LogP contribution in [0.15, 0.2) is 47.4 Å². The molecular formula is C20H23NO6S. The van der Waals surface area contributed by atoms with Crippen molar-refractivity contribution < 1.29 is 27.6 Å². The second-order valence-electron chi connectivity index (χ2n) is 6.35. The Morgan fingerprint density at radius 3 is 2.21 bits per heavy atom. The van der Waals surface area contributed by atoms with Gasteiger partial charge in [-0.15, -0.1) is 0 Å². The van der Waals surface area contributed by atoms with E-state index >= 15 is 0 Å². The summed E-state index contributed by atoms with van der Waals surface area (Å²) in [6.45, 7) is 5.20. The summed E-state index contributed by atoms with van der Waals surface area (Å²) >= 11 is 0. The highest BCUT2D eigenvalue weighted by atomic mass is 32.2. The predicted molar refractivity (Wildman–Crippen MR) is 104 cm³/mol. The number of hydroxylamine groups is 1. The predicted octanol–water partition coefficient (Wildman–Crippen LogP) is 2.91. The molecule has 0 saturated heterocycles. The summed E-state index contributed by atoms with van der Waals surface area (Å²) in [6, 6.07) is 10.7. The Labute approximate surface area is 164 Å². The third kappa shape index (κ3) is 4.64. The number of nitrogens with zero attached hydrogens (tertiary/aromatic N) is 1. The van der Waals surface area contributed by atoms with E-state index in [0.29, 0.717) is 10.0 Å². The summed E-state index contributed by atoms with van der Waals surface area (Å²) < 4.78 is 30.3. The van der Waals surface area contributed by atoms with Crippen LogP contribution in [-0.4, -0.2) is 44.9 Å². The lowest BCUT2D eigenvalue weighted by atomic mass is 9.99. The zero-order valence-corrected chi connectivity index (χ0v) is 17.2. The minimum atomic E-state index is -3.81. The van der Waals surface area contributed by atoms with Gasteiger partial charge in [-0.2, -0.15) is 0 Å². The topological polar surface area (TPSA) is 90.0 Å². The summed E-state index contributed by atoms with van der Waals surface area (Å²) in [5.74, 6) is -1.01. The van der Waals surface area contributed by atoms with Gasteiger partial charge in [0.15, 0.2) is 6.10 Å². The Bertz CT molecular complexity index is 982. The summed E-state index contributed by atoms with van der Waals surface area (Å²) in [4.78, 5) is 29.6. The van der Waals surface area contributed by atoms with E-state index in [1.165, 1.54) is 45.3 Å². The number of ether oxygens (including phenoxy) is 1. The van der Waals surface area contributed by atoms with Crippen LogP contribution in [0.4, 0.5) is 0 Å². The molecule has 0 unspecified atom stereocenters. The molecule has 0 aromatic heterocycles. The van der Waals surface area contributed by atoms with Crippen LogP contribution >= 0.6 is 0 Å². The van der Waals surface area contributed by atoms with Gasteiger partial charge >= 0.3 is 5.97 Å². The van der Waals surface area contributed by atoms with Crippen LogP contribution in [0.25, 0.3) is 0 Å². The van der Waals surface area contributed by atoms with Gasteiger partial charge in [0.25, 0.3) is 10.0 Å². The molecule has 8 heteroatoms. The van der Waals surface area contributed by atoms with Crippen molar-refractivity contribution in [2.45, 2.75) is 31.8 Å². The third-order valence-electron chi connectivity index (χ3n) is 4.30. The average Bonchev–Trinajstić information content (AvgIpc) is 2.68. The van der Waals surface area contributed by atoms with Crippen LogP contribution in [-0.2, 0) is 19.6 Å². The normalized spacial score (nSPS) is 12.6. The number of hydrogen-bond acceptors (Lipinski definition) is 6. The summed E-state index contributed by atoms with van der Waals surface area (Å²) in [5, 5.41) is 0. The van der Waals surface area contributed by atoms with Crippen molar-refractivity contribution >= 4 is 21.8 Å². The minimum absolute atomic E-state index is 0.0343. The highest BCUT2D eigenvalue weighted by Crippen LogP contribution is 2.18. The second-order valence-corrected chi connectivity index (χ2v) is 8.29. The molecule has 2 rings (SSSR count). The molecule has 28 heavy (non-hydrogen) atoms. The molecule has 0 saturated carbocycles. The standard InChI is InChI=1S/C20H23NO6S/c1-13-6-7-14(2)18(12-13)19(22)15(3)27-20(23)16-8-10-17(11-9-16)28(24,25)21(4)26-5/h6-12,15H,1-5H3/t15-/m0/s1. The van der Waals surface area contributed by atoms with Crippen LogP contribution in [0.5, 0.6) is 0 Å². The Hall–Kier alpha value is -2.55. The average molecular weight is 405 g/mol. The number of aryl methyl sites for hydroxylation is 2. The molecule has 0 heterocycles. The van der Waals surface area contributed by atoms with Crippen molar-refractivity contribution in [1.82, 2.24) is 4.47 Å². The number of Topliss-reactive ketones (excluding diaryl/α,β-unsaturated/α-hetero) is 1. The van der Waals surface area contributed by atoms with Gasteiger partial charge in [0.2, 0.25) is 5.78 Å². The van der Waals surface area contributed by atoms with E-state index in [1.54, 1.807) is 6.07 Å². The first-order valence-electron chi connectivity index (χ1n) is 8.53. The van der Waals surface area contributed by atoms with E-state index in [1.807, 2.05) is 26.0 Å². The van der Waals surface area contributed by atoms with Crippen LogP contribution < -0.4 is 0 Å². The largest absolute Gasteiger partial charge is 0.451 e. The fourth-order valence-corrected chi connectivity index (χ4v) is 3.49. The van der Waals surface area contributed by atoms with Gasteiger partial charge in [-0.05, 0) is 56.7 Å². The van der Waals surface area contributed by atoms with Crippen LogP contribution in [0.1, 0.15) is 38.8 Å². The van der Waals surface area contributed by atoms with Gasteiger partial charge in [-0.3, -0.25) is 9.63 Å². The number of benzene rings is 2. The van der Waals surface area contributed by atoms with Crippen molar-refractivity contribution in [2.75, 3.05) is 14.2 Å². The molecule has 0 N–H and O–H groups in total. The molecule has 0 amide bonds. The van der Waals surface area contributed by atoms with Crippen LogP contribution in [0, 0.1) is 13.8 Å². The van der Waals surface area contributed by atoms with E-state index in [2.05, 4.69) is 0 Å². The van der Waals surface area contributed by atoms with E-state index in [0.717, 1.165) is 11.1 Å². The molecule has 0 radical (unpaired) electrons. The molecule has 0 bridgehead atoms. The monoisotopic (exact) mass is 405 g/mol. The Balaban J connectivity index is 2.14. The summed E-state index contributed by atoms with van der Waals surface area (Å²) in [6.07, 6.45) is -0.976. The van der Waals surface area contributed by atoms with Gasteiger partial charge in [0.05, 0.1) is 17.6 Å². The molecular weight excluding hydrogens is 382 g/mol. The Morgan fingerprint density at radius 2 is 1.64 bits per heavy atom. The van der Waals surface area contributed by atoms with Crippen molar-refractivity contribution in [2.24, 2.45) is 0 Å². The first-order chi connectivity index (χ1) is 13.1. The summed E-state index contributed by atoms with van der Waals surface area (Å²) in [5.41, 5.74) is 2.38. The Morgan fingerprint density at radius 1 is 1.04 bits per heavy atom. The molecule has 150 valence electrons. The van der Waals surface area contributed by atoms with E-state index < -0.39 is 22.1 Å². The zero-order chi connectivity index (χ0) is 21.1. The van der Waals surface area contributed by atoms with E-state index in [9.17, 15) is 18.0 Å². The van der Waals surface area contributed by atoms with Gasteiger partial charge in [-0.1, -0.05) is 22.2 Å². The smallest absolute Gasteiger partial charge is 0.338 e. The fourth-order valence-electron chi connectivity index (χ4n) is 2.51. The zero-order valence-electron chi connectivity index (χ0n) is 16.4. The molecule has 0 aliphatic carbocycles. The van der Waals surface area contributed by atoms with Crippen molar-refractivity contribution in [3.05, 3.63) is 64.7 Å². The molecule has 0 fully saturated rings.